The zero-order chi connectivity index (χ0) is 29.5. The van der Waals surface area contributed by atoms with E-state index in [2.05, 4.69) is 51.1 Å². The Bertz CT molecular complexity index is 1520. The average molecular weight is 572 g/mol. The molecule has 0 spiro atoms. The van der Waals surface area contributed by atoms with Gasteiger partial charge in [0, 0.05) is 55.3 Å². The van der Waals surface area contributed by atoms with Crippen molar-refractivity contribution in [3.8, 4) is 0 Å². The van der Waals surface area contributed by atoms with Crippen molar-refractivity contribution in [2.24, 2.45) is 5.92 Å². The molecular formula is C27H32B3FN6O3S. The minimum Gasteiger partial charge on any atom is -0.396 e. The van der Waals surface area contributed by atoms with E-state index in [0.717, 1.165) is 16.5 Å². The summed E-state index contributed by atoms with van der Waals surface area (Å²) in [6.07, 6.45) is 2.89. The number of anilines is 4. The Kier molecular flexibility index (Phi) is 8.26. The lowest BCUT2D eigenvalue weighted by Gasteiger charge is -2.41. The highest BCUT2D eigenvalue weighted by Crippen LogP contribution is 2.37. The number of aromatic nitrogens is 3. The van der Waals surface area contributed by atoms with Gasteiger partial charge in [0.15, 0.2) is 0 Å². The van der Waals surface area contributed by atoms with E-state index < -0.39 is 27.4 Å². The summed E-state index contributed by atoms with van der Waals surface area (Å²) in [6, 6.07) is 7.96. The number of benzene rings is 1. The number of fused-ring (bicyclic) bond motifs is 1. The second kappa shape index (κ2) is 11.4. The van der Waals surface area contributed by atoms with Gasteiger partial charge >= 0.3 is 0 Å². The van der Waals surface area contributed by atoms with Crippen molar-refractivity contribution in [1.29, 1.82) is 0 Å². The van der Waals surface area contributed by atoms with Crippen molar-refractivity contribution in [3.05, 3.63) is 42.2 Å². The van der Waals surface area contributed by atoms with Gasteiger partial charge in [-0.1, -0.05) is 19.9 Å². The van der Waals surface area contributed by atoms with Crippen molar-refractivity contribution in [3.63, 3.8) is 0 Å². The molecule has 41 heavy (non-hydrogen) atoms. The third kappa shape index (κ3) is 7.14. The highest BCUT2D eigenvalue weighted by atomic mass is 32.2. The first-order valence-corrected chi connectivity index (χ1v) is 15.7. The van der Waals surface area contributed by atoms with Gasteiger partial charge in [0.25, 0.3) is 0 Å². The van der Waals surface area contributed by atoms with E-state index in [-0.39, 0.29) is 24.1 Å². The molecule has 0 aliphatic carbocycles. The summed E-state index contributed by atoms with van der Waals surface area (Å²) in [5.74, 6) is 2.13. The fraction of sp³-hybridized carbons (Fsp3) is 0.519. The van der Waals surface area contributed by atoms with Crippen LogP contribution in [0.2, 0.25) is 0 Å². The van der Waals surface area contributed by atoms with E-state index in [1.54, 1.807) is 17.2 Å². The third-order valence-corrected chi connectivity index (χ3v) is 8.47. The number of nitrogens with zero attached hydrogens (tertiary/aromatic N) is 5. The minimum atomic E-state index is -3.01. The van der Waals surface area contributed by atoms with Crippen LogP contribution in [0.5, 0.6) is 0 Å². The second-order valence-corrected chi connectivity index (χ2v) is 13.6. The van der Waals surface area contributed by atoms with E-state index in [0.29, 0.717) is 43.6 Å². The molecular weight excluding hydrogens is 540 g/mol. The van der Waals surface area contributed by atoms with Crippen molar-refractivity contribution < 1.29 is 17.5 Å². The smallest absolute Gasteiger partial charge is 0.227 e. The molecule has 3 aromatic rings. The number of piperidine rings is 1. The largest absolute Gasteiger partial charge is 0.396 e. The number of hydrogen-bond donors (Lipinski definition) is 1. The molecule has 210 valence electrons. The lowest BCUT2D eigenvalue weighted by atomic mass is 9.52. The molecule has 2 aliphatic heterocycles. The minimum absolute atomic E-state index is 0.0144. The maximum Gasteiger partial charge on any atom is 0.227 e. The van der Waals surface area contributed by atoms with Crippen molar-refractivity contribution in [2.75, 3.05) is 53.3 Å². The molecule has 0 bridgehead atoms. The highest BCUT2D eigenvalue weighted by molar-refractivity contribution is 7.90. The first kappa shape index (κ1) is 29.6. The van der Waals surface area contributed by atoms with Crippen LogP contribution in [0.3, 0.4) is 0 Å². The van der Waals surface area contributed by atoms with E-state index in [1.165, 1.54) is 11.8 Å². The van der Waals surface area contributed by atoms with Gasteiger partial charge in [-0.2, -0.15) is 4.98 Å². The number of hydrogen-bond acceptors (Lipinski definition) is 9. The third-order valence-electron chi connectivity index (χ3n) is 7.39. The molecule has 2 aromatic heterocycles. The molecule has 14 heteroatoms. The summed E-state index contributed by atoms with van der Waals surface area (Å²) < 4.78 is 43.4. The van der Waals surface area contributed by atoms with Gasteiger partial charge in [0.1, 0.15) is 27.6 Å². The lowest BCUT2D eigenvalue weighted by Crippen LogP contribution is -2.50. The molecule has 4 heterocycles. The Morgan fingerprint density at radius 1 is 1.10 bits per heavy atom. The topological polar surface area (TPSA) is 101 Å². The summed E-state index contributed by atoms with van der Waals surface area (Å²) in [4.78, 5) is 17.5. The van der Waals surface area contributed by atoms with Crippen LogP contribution in [0.15, 0.2) is 36.7 Å². The van der Waals surface area contributed by atoms with Crippen LogP contribution in [0, 0.1) is 5.92 Å². The number of rotatable bonds is 9. The van der Waals surface area contributed by atoms with E-state index in [1.807, 2.05) is 12.3 Å². The number of alkyl halides is 1. The molecule has 5 rings (SSSR count). The molecule has 0 unspecified atom stereocenters. The van der Waals surface area contributed by atoms with Gasteiger partial charge in [-0.3, -0.25) is 0 Å². The average Bonchev–Trinajstić information content (AvgIpc) is 2.85. The first-order valence-electron chi connectivity index (χ1n) is 13.6. The van der Waals surface area contributed by atoms with Crippen molar-refractivity contribution in [2.45, 2.75) is 43.8 Å². The summed E-state index contributed by atoms with van der Waals surface area (Å²) in [6.45, 7) is 6.14. The number of halogens is 1. The van der Waals surface area contributed by atoms with Crippen molar-refractivity contribution >= 4 is 67.4 Å². The predicted molar refractivity (Wildman–Crippen MR) is 163 cm³/mol. The van der Waals surface area contributed by atoms with Gasteiger partial charge in [0.2, 0.25) is 5.95 Å². The highest BCUT2D eigenvalue weighted by Gasteiger charge is 2.34. The van der Waals surface area contributed by atoms with Gasteiger partial charge < -0.3 is 19.9 Å². The zero-order valence-electron chi connectivity index (χ0n) is 23.5. The fourth-order valence-corrected chi connectivity index (χ4v) is 6.62. The molecule has 2 fully saturated rings. The molecule has 0 amide bonds. The normalized spacial score (nSPS) is 20.4. The number of nitrogens with one attached hydrogen (secondary N) is 1. The molecule has 6 radical (unpaired) electrons. The molecule has 1 aromatic carbocycles. The molecule has 2 aliphatic rings. The van der Waals surface area contributed by atoms with E-state index >= 15 is 0 Å². The Labute approximate surface area is 244 Å². The molecule has 1 N–H and O–H groups in total. The number of ether oxygens (including phenoxy) is 1. The molecule has 2 atom stereocenters. The fourth-order valence-electron chi connectivity index (χ4n) is 5.56. The van der Waals surface area contributed by atoms with Crippen LogP contribution >= 0.6 is 0 Å². The van der Waals surface area contributed by atoms with Crippen LogP contribution in [0.1, 0.15) is 31.7 Å². The maximum absolute atomic E-state index is 14.8. The SMILES string of the molecule is [B]C([B])([B])O[C@@H]1CCN(c2nccc(Nc3cc4c(C(C)C)ccc(N5CC(CS(C)(=O)=O)C5)c4cn3)n2)C[C@@H]1F. The van der Waals surface area contributed by atoms with Gasteiger partial charge in [-0.15, -0.1) is 0 Å². The Morgan fingerprint density at radius 2 is 1.85 bits per heavy atom. The van der Waals surface area contributed by atoms with E-state index in [9.17, 15) is 12.8 Å². The van der Waals surface area contributed by atoms with Crippen LogP contribution in [0.4, 0.5) is 27.7 Å². The standard InChI is InChI=1S/C27H32B3FN6O3S/c1-16(2)18-4-5-22(37-12-17(13-37)15-41(3,38)39)20-11-33-25(10-19(18)20)34-24-6-8-32-26(35-24)36-9-7-23(21(31)14-36)40-27(28,29)30/h4-6,8,10-11,16-17,21,23H,7,9,12-15H2,1-3H3,(H,32,33,34,35)/t21-,23+/m0/s1. The lowest BCUT2D eigenvalue weighted by molar-refractivity contribution is -0.0185. The number of sulfone groups is 1. The van der Waals surface area contributed by atoms with Crippen LogP contribution < -0.4 is 15.1 Å². The molecule has 9 nitrogen and oxygen atoms in total. The maximum atomic E-state index is 14.8. The summed E-state index contributed by atoms with van der Waals surface area (Å²) >= 11 is 0. The second-order valence-electron chi connectivity index (χ2n) is 11.4. The first-order chi connectivity index (χ1) is 19.3. The van der Waals surface area contributed by atoms with Gasteiger partial charge in [0.05, 0.1) is 41.9 Å². The Hall–Kier alpha value is -2.86. The Balaban J connectivity index is 1.33. The summed E-state index contributed by atoms with van der Waals surface area (Å²) in [5, 5.41) is 3.45. The summed E-state index contributed by atoms with van der Waals surface area (Å²) in [5.41, 5.74) is 2.23. The Morgan fingerprint density at radius 3 is 2.51 bits per heavy atom. The van der Waals surface area contributed by atoms with Crippen LogP contribution in [0.25, 0.3) is 10.8 Å². The summed E-state index contributed by atoms with van der Waals surface area (Å²) in [7, 11) is 13.4. The van der Waals surface area contributed by atoms with E-state index in [4.69, 9.17) is 28.3 Å². The quantitative estimate of drug-likeness (QED) is 0.388. The molecule has 2 saturated heterocycles. The monoisotopic (exact) mass is 572 g/mol. The van der Waals surface area contributed by atoms with Gasteiger partial charge in [-0.25, -0.2) is 22.8 Å². The van der Waals surface area contributed by atoms with Crippen LogP contribution in [-0.2, 0) is 14.6 Å². The van der Waals surface area contributed by atoms with Crippen molar-refractivity contribution in [1.82, 2.24) is 15.0 Å². The zero-order valence-corrected chi connectivity index (χ0v) is 24.3. The number of pyridine rings is 1. The molecule has 0 saturated carbocycles. The predicted octanol–water partition coefficient (Wildman–Crippen LogP) is 2.42. The van der Waals surface area contributed by atoms with Crippen LogP contribution in [-0.4, -0.2) is 103 Å². The van der Waals surface area contributed by atoms with Gasteiger partial charge in [-0.05, 0) is 46.8 Å².